The van der Waals surface area contributed by atoms with Gasteiger partial charge in [0.15, 0.2) is 12.4 Å². The van der Waals surface area contributed by atoms with Gasteiger partial charge in [0.2, 0.25) is 0 Å². The van der Waals surface area contributed by atoms with Crippen molar-refractivity contribution in [3.8, 4) is 11.1 Å². The summed E-state index contributed by atoms with van der Waals surface area (Å²) >= 11 is 0. The quantitative estimate of drug-likeness (QED) is 0.747. The van der Waals surface area contributed by atoms with Crippen LogP contribution in [0.15, 0.2) is 42.9 Å². The minimum atomic E-state index is -3.92. The zero-order valence-electron chi connectivity index (χ0n) is 9.70. The molecule has 0 aromatic carbocycles. The van der Waals surface area contributed by atoms with Gasteiger partial charge in [-0.05, 0) is 18.2 Å². The third-order valence-electron chi connectivity index (χ3n) is 1.83. The highest BCUT2D eigenvalue weighted by atomic mass is 32.2. The van der Waals surface area contributed by atoms with E-state index >= 15 is 0 Å². The fraction of sp³-hybridized carbons (Fsp3) is 0.0909. The van der Waals surface area contributed by atoms with E-state index in [2.05, 4.69) is 9.97 Å². The Balaban J connectivity index is 0.000000280. The molecule has 0 aliphatic heterocycles. The molecule has 0 saturated carbocycles. The van der Waals surface area contributed by atoms with Crippen LogP contribution in [0.3, 0.4) is 0 Å². The van der Waals surface area contributed by atoms with Crippen LogP contribution in [0.25, 0.3) is 11.1 Å². The topological polar surface area (TPSA) is 110 Å². The molecule has 0 bridgehead atoms. The first-order valence-corrected chi connectivity index (χ1v) is 6.77. The Labute approximate surface area is 105 Å². The summed E-state index contributed by atoms with van der Waals surface area (Å²) in [5.41, 5.74) is 7.65. The number of H-pyrrole nitrogens is 1. The first kappa shape index (κ1) is 14.1. The van der Waals surface area contributed by atoms with Gasteiger partial charge in [-0.3, -0.25) is 0 Å². The highest BCUT2D eigenvalue weighted by Crippen LogP contribution is 2.15. The number of nitrogens with one attached hydrogen (secondary N) is 1. The average Bonchev–Trinajstić information content (AvgIpc) is 2.29. The van der Waals surface area contributed by atoms with Gasteiger partial charge < -0.3 is 10.3 Å². The van der Waals surface area contributed by atoms with Gasteiger partial charge in [-0.2, -0.15) is 0 Å². The third kappa shape index (κ3) is 5.92. The van der Waals surface area contributed by atoms with Gasteiger partial charge in [0, 0.05) is 29.6 Å². The van der Waals surface area contributed by atoms with E-state index in [0.717, 1.165) is 11.1 Å². The maximum absolute atomic E-state index is 9.08. The average molecular weight is 267 g/mol. The monoisotopic (exact) mass is 267 g/mol. The van der Waals surface area contributed by atoms with Crippen LogP contribution in [-0.2, 0) is 10.1 Å². The van der Waals surface area contributed by atoms with Crippen molar-refractivity contribution in [3.63, 3.8) is 0 Å². The van der Waals surface area contributed by atoms with Crippen LogP contribution in [0.4, 0.5) is 5.82 Å². The third-order valence-corrected chi connectivity index (χ3v) is 1.83. The van der Waals surface area contributed by atoms with Crippen molar-refractivity contribution in [1.29, 1.82) is 0 Å². The van der Waals surface area contributed by atoms with Crippen LogP contribution in [0, 0.1) is 0 Å². The Morgan fingerprint density at radius 3 is 2.39 bits per heavy atom. The van der Waals surface area contributed by atoms with E-state index in [-0.39, 0.29) is 0 Å². The Morgan fingerprint density at radius 2 is 1.94 bits per heavy atom. The van der Waals surface area contributed by atoms with Crippen LogP contribution in [0.1, 0.15) is 0 Å². The number of pyridine rings is 2. The van der Waals surface area contributed by atoms with Crippen LogP contribution >= 0.6 is 0 Å². The molecule has 0 unspecified atom stereocenters. The van der Waals surface area contributed by atoms with Crippen LogP contribution in [0.2, 0.25) is 0 Å². The fourth-order valence-corrected chi connectivity index (χ4v) is 1.15. The smallest absolute Gasteiger partial charge is 0.174 e. The summed E-state index contributed by atoms with van der Waals surface area (Å²) in [6, 6.07) is 7.71. The highest BCUT2D eigenvalue weighted by molar-refractivity contribution is 7.84. The molecule has 0 aliphatic carbocycles. The minimum absolute atomic E-state index is 0.545. The molecule has 0 spiro atoms. The summed E-state index contributed by atoms with van der Waals surface area (Å²) < 4.78 is 27.2. The van der Waals surface area contributed by atoms with Crippen molar-refractivity contribution in [1.82, 2.24) is 4.98 Å². The predicted molar refractivity (Wildman–Crippen MR) is 66.3 cm³/mol. The second-order valence-corrected chi connectivity index (χ2v) is 4.88. The van der Waals surface area contributed by atoms with Crippen LogP contribution in [-0.4, -0.2) is 24.2 Å². The highest BCUT2D eigenvalue weighted by Gasteiger charge is 1.98. The van der Waals surface area contributed by atoms with Crippen LogP contribution in [0.5, 0.6) is 0 Å². The number of hydrogen-bond donors (Lipinski definition) is 1. The molecular formula is C11H13N3O3S. The van der Waals surface area contributed by atoms with Gasteiger partial charge in [-0.15, -0.1) is 0 Å². The molecule has 0 saturated heterocycles. The lowest BCUT2D eigenvalue weighted by atomic mass is 10.1. The lowest BCUT2D eigenvalue weighted by molar-refractivity contribution is -0.377. The second-order valence-electron chi connectivity index (χ2n) is 3.47. The zero-order chi connectivity index (χ0) is 13.6. The van der Waals surface area contributed by atoms with Gasteiger partial charge in [-0.1, -0.05) is 0 Å². The molecule has 0 aliphatic rings. The van der Waals surface area contributed by atoms with Gasteiger partial charge in [0.05, 0.1) is 10.1 Å². The lowest BCUT2D eigenvalue weighted by Gasteiger charge is -1.97. The summed E-state index contributed by atoms with van der Waals surface area (Å²) in [6.07, 6.45) is 6.16. The molecule has 2 aromatic heterocycles. The first-order valence-electron chi connectivity index (χ1n) is 4.95. The molecule has 2 aromatic rings. The molecule has 0 amide bonds. The van der Waals surface area contributed by atoms with Gasteiger partial charge >= 0.3 is 0 Å². The van der Waals surface area contributed by atoms with Crippen molar-refractivity contribution in [3.05, 3.63) is 42.9 Å². The van der Waals surface area contributed by atoms with E-state index in [1.165, 1.54) is 0 Å². The number of hydrogen-bond acceptors (Lipinski definition) is 5. The Morgan fingerprint density at radius 1 is 1.28 bits per heavy atom. The molecule has 0 radical (unpaired) electrons. The number of nitrogen functional groups attached to an aromatic ring is 1. The van der Waals surface area contributed by atoms with E-state index in [0.29, 0.717) is 12.1 Å². The maximum atomic E-state index is 9.08. The molecule has 18 heavy (non-hydrogen) atoms. The molecule has 3 N–H and O–H groups in total. The second kappa shape index (κ2) is 6.08. The van der Waals surface area contributed by atoms with Gasteiger partial charge in [0.25, 0.3) is 0 Å². The summed E-state index contributed by atoms with van der Waals surface area (Å²) in [7, 11) is -3.92. The SMILES string of the molecule is CS(=O)(=O)[O-].Nc1ccc(-c2ccc[nH+]c2)cn1. The van der Waals surface area contributed by atoms with Gasteiger partial charge in [-0.25, -0.2) is 18.4 Å². The molecule has 2 rings (SSSR count). The van der Waals surface area contributed by atoms with Gasteiger partial charge in [0.1, 0.15) is 5.82 Å². The van der Waals surface area contributed by atoms with Crippen molar-refractivity contribution in [2.24, 2.45) is 0 Å². The van der Waals surface area contributed by atoms with E-state index in [1.807, 2.05) is 30.6 Å². The Hall–Kier alpha value is -1.99. The predicted octanol–water partition coefficient (Wildman–Crippen LogP) is 0.306. The molecule has 7 heteroatoms. The molecule has 2 heterocycles. The zero-order valence-corrected chi connectivity index (χ0v) is 10.5. The molecule has 0 fully saturated rings. The molecule has 96 valence electrons. The molecule has 6 nitrogen and oxygen atoms in total. The Kier molecular flexibility index (Phi) is 4.75. The summed E-state index contributed by atoms with van der Waals surface area (Å²) in [5, 5.41) is 0. The number of nitrogens with zero attached hydrogens (tertiary/aromatic N) is 1. The summed E-state index contributed by atoms with van der Waals surface area (Å²) in [5.74, 6) is 0.545. The summed E-state index contributed by atoms with van der Waals surface area (Å²) in [4.78, 5) is 7.03. The number of aromatic nitrogens is 2. The number of nitrogens with two attached hydrogens (primary N) is 1. The largest absolute Gasteiger partial charge is 0.748 e. The number of rotatable bonds is 1. The van der Waals surface area contributed by atoms with E-state index in [4.69, 9.17) is 18.7 Å². The van der Waals surface area contributed by atoms with Crippen molar-refractivity contribution >= 4 is 15.9 Å². The first-order chi connectivity index (χ1) is 8.36. The van der Waals surface area contributed by atoms with Crippen molar-refractivity contribution in [2.45, 2.75) is 0 Å². The van der Waals surface area contributed by atoms with Crippen molar-refractivity contribution < 1.29 is 18.0 Å². The van der Waals surface area contributed by atoms with Crippen molar-refractivity contribution in [2.75, 3.05) is 12.0 Å². The summed E-state index contributed by atoms with van der Waals surface area (Å²) in [6.45, 7) is 0. The minimum Gasteiger partial charge on any atom is -0.748 e. The lowest BCUT2D eigenvalue weighted by Crippen LogP contribution is -1.98. The maximum Gasteiger partial charge on any atom is 0.174 e. The number of aromatic amines is 1. The molecule has 0 atom stereocenters. The standard InChI is InChI=1S/C10H9N3.CH4O3S/c11-10-4-3-9(7-13-10)8-2-1-5-12-6-8;1-5(2,3)4/h1-7H,(H2,11,13);1H3,(H,2,3,4). The normalized spacial score (nSPS) is 10.3. The Bertz CT molecular complexity index is 575. The van der Waals surface area contributed by atoms with E-state index in [1.54, 1.807) is 12.3 Å². The van der Waals surface area contributed by atoms with Crippen LogP contribution < -0.4 is 10.7 Å². The van der Waals surface area contributed by atoms with E-state index < -0.39 is 10.1 Å². The van der Waals surface area contributed by atoms with E-state index in [9.17, 15) is 0 Å². The number of anilines is 1. The molecular weight excluding hydrogens is 254 g/mol. The fourth-order valence-electron chi connectivity index (χ4n) is 1.15.